The van der Waals surface area contributed by atoms with Crippen molar-refractivity contribution in [2.45, 2.75) is 57.5 Å². The molecule has 0 spiro atoms. The molecule has 20 heavy (non-hydrogen) atoms. The molecule has 0 heterocycles. The third-order valence-corrected chi connectivity index (χ3v) is 4.99. The molecule has 2 N–H and O–H groups in total. The van der Waals surface area contributed by atoms with Crippen LogP contribution in [0.25, 0.3) is 0 Å². The molecule has 1 aromatic carbocycles. The Kier molecular flexibility index (Phi) is 6.53. The minimum Gasteiger partial charge on any atom is -0.324 e. The van der Waals surface area contributed by atoms with Gasteiger partial charge in [0.2, 0.25) is 0 Å². The second-order valence-corrected chi connectivity index (χ2v) is 6.79. The van der Waals surface area contributed by atoms with Gasteiger partial charge in [0.15, 0.2) is 0 Å². The summed E-state index contributed by atoms with van der Waals surface area (Å²) in [7, 11) is 0. The van der Waals surface area contributed by atoms with Gasteiger partial charge in [-0.1, -0.05) is 54.2 Å². The van der Waals surface area contributed by atoms with E-state index in [0.29, 0.717) is 0 Å². The highest BCUT2D eigenvalue weighted by Crippen LogP contribution is 2.24. The molecule has 2 nitrogen and oxygen atoms in total. The Morgan fingerprint density at radius 3 is 2.70 bits per heavy atom. The van der Waals surface area contributed by atoms with Crippen molar-refractivity contribution < 1.29 is 0 Å². The Morgan fingerprint density at radius 2 is 2.05 bits per heavy atom. The summed E-state index contributed by atoms with van der Waals surface area (Å²) in [5.41, 5.74) is 7.58. The maximum Gasteiger partial charge on any atom is 0.0307 e. The zero-order valence-corrected chi connectivity index (χ0v) is 14.1. The number of hydrogen-bond donors (Lipinski definition) is 1. The standard InChI is InChI=1S/C17H27BrN2/c1-2-20(16-9-4-3-5-10-16)12-11-17(19)14-7-6-8-15(18)13-14/h6-8,13,16-17H,2-5,9-12,19H2,1H3. The van der Waals surface area contributed by atoms with Crippen LogP contribution in [0.2, 0.25) is 0 Å². The predicted molar refractivity (Wildman–Crippen MR) is 89.8 cm³/mol. The summed E-state index contributed by atoms with van der Waals surface area (Å²) in [4.78, 5) is 2.64. The van der Waals surface area contributed by atoms with E-state index in [1.165, 1.54) is 37.7 Å². The van der Waals surface area contributed by atoms with Gasteiger partial charge in [-0.15, -0.1) is 0 Å². The molecule has 3 heteroatoms. The third-order valence-electron chi connectivity index (χ3n) is 4.50. The van der Waals surface area contributed by atoms with Gasteiger partial charge in [-0.05, 0) is 43.5 Å². The average molecular weight is 339 g/mol. The smallest absolute Gasteiger partial charge is 0.0307 e. The first kappa shape index (κ1) is 16.0. The van der Waals surface area contributed by atoms with Crippen molar-refractivity contribution in [2.75, 3.05) is 13.1 Å². The fraction of sp³-hybridized carbons (Fsp3) is 0.647. The molecular weight excluding hydrogens is 312 g/mol. The molecule has 0 bridgehead atoms. The Morgan fingerprint density at radius 1 is 1.30 bits per heavy atom. The molecule has 1 aromatic rings. The molecule has 0 aromatic heterocycles. The van der Waals surface area contributed by atoms with E-state index in [9.17, 15) is 0 Å². The van der Waals surface area contributed by atoms with Crippen molar-refractivity contribution in [3.63, 3.8) is 0 Å². The third kappa shape index (κ3) is 4.57. The van der Waals surface area contributed by atoms with Crippen molar-refractivity contribution in [2.24, 2.45) is 5.73 Å². The summed E-state index contributed by atoms with van der Waals surface area (Å²) in [6, 6.07) is 9.33. The van der Waals surface area contributed by atoms with Gasteiger partial charge in [-0.25, -0.2) is 0 Å². The minimum atomic E-state index is 0.144. The highest BCUT2D eigenvalue weighted by atomic mass is 79.9. The topological polar surface area (TPSA) is 29.3 Å². The lowest BCUT2D eigenvalue weighted by Gasteiger charge is -2.34. The first-order valence-corrected chi connectivity index (χ1v) is 8.75. The number of nitrogens with two attached hydrogens (primary N) is 1. The summed E-state index contributed by atoms with van der Waals surface area (Å²) in [5.74, 6) is 0. The molecule has 1 fully saturated rings. The monoisotopic (exact) mass is 338 g/mol. The lowest BCUT2D eigenvalue weighted by atomic mass is 9.93. The van der Waals surface area contributed by atoms with E-state index in [2.05, 4.69) is 52.0 Å². The lowest BCUT2D eigenvalue weighted by molar-refractivity contribution is 0.159. The van der Waals surface area contributed by atoms with Gasteiger partial charge in [-0.3, -0.25) is 0 Å². The fourth-order valence-electron chi connectivity index (χ4n) is 3.25. The van der Waals surface area contributed by atoms with Crippen LogP contribution >= 0.6 is 15.9 Å². The Hall–Kier alpha value is -0.380. The van der Waals surface area contributed by atoms with Crippen LogP contribution in [-0.2, 0) is 0 Å². The van der Waals surface area contributed by atoms with Gasteiger partial charge in [0.25, 0.3) is 0 Å². The van der Waals surface area contributed by atoms with E-state index < -0.39 is 0 Å². The highest BCUT2D eigenvalue weighted by molar-refractivity contribution is 9.10. The summed E-state index contributed by atoms with van der Waals surface area (Å²) < 4.78 is 1.12. The van der Waals surface area contributed by atoms with E-state index in [4.69, 9.17) is 5.73 Å². The van der Waals surface area contributed by atoms with E-state index in [0.717, 1.165) is 30.0 Å². The molecule has 0 amide bonds. The molecule has 2 rings (SSSR count). The summed E-state index contributed by atoms with van der Waals surface area (Å²) in [6.45, 7) is 4.55. The molecule has 1 atom stereocenters. The molecule has 1 aliphatic rings. The second-order valence-electron chi connectivity index (χ2n) is 5.87. The normalized spacial score (nSPS) is 18.4. The van der Waals surface area contributed by atoms with Crippen molar-refractivity contribution >= 4 is 15.9 Å². The molecule has 0 radical (unpaired) electrons. The number of benzene rings is 1. The maximum absolute atomic E-state index is 6.35. The number of hydrogen-bond acceptors (Lipinski definition) is 2. The average Bonchev–Trinajstić information content (AvgIpc) is 2.49. The number of rotatable bonds is 6. The van der Waals surface area contributed by atoms with Crippen molar-refractivity contribution in [3.8, 4) is 0 Å². The maximum atomic E-state index is 6.35. The molecule has 1 aliphatic carbocycles. The van der Waals surface area contributed by atoms with Crippen LogP contribution in [0.3, 0.4) is 0 Å². The first-order valence-electron chi connectivity index (χ1n) is 7.95. The van der Waals surface area contributed by atoms with Gasteiger partial charge in [0.1, 0.15) is 0 Å². The fourth-order valence-corrected chi connectivity index (χ4v) is 3.67. The SMILES string of the molecule is CCN(CCC(N)c1cccc(Br)c1)C1CCCCC1. The highest BCUT2D eigenvalue weighted by Gasteiger charge is 2.20. The van der Waals surface area contributed by atoms with E-state index in [1.807, 2.05) is 0 Å². The van der Waals surface area contributed by atoms with Crippen molar-refractivity contribution in [3.05, 3.63) is 34.3 Å². The number of halogens is 1. The zero-order valence-electron chi connectivity index (χ0n) is 12.5. The van der Waals surface area contributed by atoms with Crippen molar-refractivity contribution in [1.29, 1.82) is 0 Å². The van der Waals surface area contributed by atoms with Crippen LogP contribution in [-0.4, -0.2) is 24.0 Å². The Balaban J connectivity index is 1.85. The lowest BCUT2D eigenvalue weighted by Crippen LogP contribution is -2.38. The first-order chi connectivity index (χ1) is 9.70. The summed E-state index contributed by atoms with van der Waals surface area (Å²) >= 11 is 3.52. The van der Waals surface area contributed by atoms with Crippen LogP contribution in [0.5, 0.6) is 0 Å². The van der Waals surface area contributed by atoms with E-state index >= 15 is 0 Å². The van der Waals surface area contributed by atoms with Gasteiger partial charge < -0.3 is 10.6 Å². The largest absolute Gasteiger partial charge is 0.324 e. The molecule has 1 saturated carbocycles. The van der Waals surface area contributed by atoms with Gasteiger partial charge in [-0.2, -0.15) is 0 Å². The van der Waals surface area contributed by atoms with Gasteiger partial charge >= 0.3 is 0 Å². The molecule has 0 aliphatic heterocycles. The quantitative estimate of drug-likeness (QED) is 0.827. The van der Waals surface area contributed by atoms with Crippen LogP contribution in [0.4, 0.5) is 0 Å². The Labute approximate surface area is 131 Å². The number of nitrogens with zero attached hydrogens (tertiary/aromatic N) is 1. The van der Waals surface area contributed by atoms with Crippen LogP contribution < -0.4 is 5.73 Å². The molecule has 112 valence electrons. The van der Waals surface area contributed by atoms with Gasteiger partial charge in [0.05, 0.1) is 0 Å². The van der Waals surface area contributed by atoms with Crippen LogP contribution in [0.1, 0.15) is 57.1 Å². The van der Waals surface area contributed by atoms with E-state index in [-0.39, 0.29) is 6.04 Å². The molecular formula is C17H27BrN2. The van der Waals surface area contributed by atoms with Crippen molar-refractivity contribution in [1.82, 2.24) is 4.90 Å². The van der Waals surface area contributed by atoms with Gasteiger partial charge in [0, 0.05) is 23.1 Å². The van der Waals surface area contributed by atoms with Crippen LogP contribution in [0, 0.1) is 0 Å². The second kappa shape index (κ2) is 8.16. The Bertz CT molecular complexity index is 402. The zero-order chi connectivity index (χ0) is 14.4. The summed E-state index contributed by atoms with van der Waals surface area (Å²) in [6.07, 6.45) is 8.02. The molecule has 0 saturated heterocycles. The predicted octanol–water partition coefficient (Wildman–Crippen LogP) is 4.49. The summed E-state index contributed by atoms with van der Waals surface area (Å²) in [5, 5.41) is 0. The minimum absolute atomic E-state index is 0.144. The van der Waals surface area contributed by atoms with Crippen LogP contribution in [0.15, 0.2) is 28.7 Å². The molecule has 1 unspecified atom stereocenters. The van der Waals surface area contributed by atoms with E-state index in [1.54, 1.807) is 0 Å².